The highest BCUT2D eigenvalue weighted by Gasteiger charge is 2.43. The van der Waals surface area contributed by atoms with Crippen molar-refractivity contribution < 1.29 is 4.79 Å². The predicted octanol–water partition coefficient (Wildman–Crippen LogP) is 1.13. The highest BCUT2D eigenvalue weighted by atomic mass is 16.2. The summed E-state index contributed by atoms with van der Waals surface area (Å²) in [6, 6.07) is 0. The van der Waals surface area contributed by atoms with Gasteiger partial charge in [0, 0.05) is 13.1 Å². The second-order valence-corrected chi connectivity index (χ2v) is 4.82. The molecule has 3 nitrogen and oxygen atoms in total. The summed E-state index contributed by atoms with van der Waals surface area (Å²) in [6.07, 6.45) is 5.24. The average molecular weight is 196 g/mol. The Labute approximate surface area is 85.6 Å². The van der Waals surface area contributed by atoms with Gasteiger partial charge in [-0.1, -0.05) is 13.3 Å². The SMILES string of the molecule is CCC1CCN(C(=O)C2(N)CCC2)C1. The molecule has 0 aromatic rings. The molecule has 0 radical (unpaired) electrons. The topological polar surface area (TPSA) is 46.3 Å². The lowest BCUT2D eigenvalue weighted by atomic mass is 9.76. The summed E-state index contributed by atoms with van der Waals surface area (Å²) in [5.74, 6) is 0.919. The van der Waals surface area contributed by atoms with E-state index in [2.05, 4.69) is 6.92 Å². The van der Waals surface area contributed by atoms with Gasteiger partial charge in [0.25, 0.3) is 0 Å². The first-order chi connectivity index (χ1) is 6.65. The predicted molar refractivity (Wildman–Crippen MR) is 55.7 cm³/mol. The molecule has 0 aromatic heterocycles. The van der Waals surface area contributed by atoms with E-state index in [1.807, 2.05) is 4.90 Å². The summed E-state index contributed by atoms with van der Waals surface area (Å²) >= 11 is 0. The van der Waals surface area contributed by atoms with Gasteiger partial charge in [-0.3, -0.25) is 4.79 Å². The minimum Gasteiger partial charge on any atom is -0.341 e. The van der Waals surface area contributed by atoms with Gasteiger partial charge < -0.3 is 10.6 Å². The van der Waals surface area contributed by atoms with Gasteiger partial charge >= 0.3 is 0 Å². The molecule has 2 fully saturated rings. The van der Waals surface area contributed by atoms with Gasteiger partial charge in [0.1, 0.15) is 0 Å². The third-order valence-corrected chi connectivity index (χ3v) is 3.82. The van der Waals surface area contributed by atoms with Crippen LogP contribution in [-0.2, 0) is 4.79 Å². The number of carbonyl (C=O) groups excluding carboxylic acids is 1. The van der Waals surface area contributed by atoms with Crippen molar-refractivity contribution in [2.24, 2.45) is 11.7 Å². The summed E-state index contributed by atoms with van der Waals surface area (Å²) in [5.41, 5.74) is 5.54. The fraction of sp³-hybridized carbons (Fsp3) is 0.909. The molecule has 0 spiro atoms. The zero-order chi connectivity index (χ0) is 10.2. The van der Waals surface area contributed by atoms with Crippen LogP contribution in [0.5, 0.6) is 0 Å². The molecule has 1 aliphatic heterocycles. The van der Waals surface area contributed by atoms with Crippen LogP contribution in [0.15, 0.2) is 0 Å². The van der Waals surface area contributed by atoms with E-state index in [0.29, 0.717) is 5.92 Å². The molecule has 0 aromatic carbocycles. The highest BCUT2D eigenvalue weighted by molar-refractivity contribution is 5.87. The van der Waals surface area contributed by atoms with Gasteiger partial charge in [-0.2, -0.15) is 0 Å². The summed E-state index contributed by atoms with van der Waals surface area (Å²) in [5, 5.41) is 0. The average Bonchev–Trinajstić information content (AvgIpc) is 2.61. The van der Waals surface area contributed by atoms with Crippen LogP contribution < -0.4 is 5.73 Å². The van der Waals surface area contributed by atoms with Crippen LogP contribution in [0.3, 0.4) is 0 Å². The lowest BCUT2D eigenvalue weighted by Gasteiger charge is -2.39. The Balaban J connectivity index is 1.93. The fourth-order valence-electron chi connectivity index (χ4n) is 2.44. The Kier molecular flexibility index (Phi) is 2.52. The molecule has 1 atom stereocenters. The smallest absolute Gasteiger partial charge is 0.242 e. The molecule has 1 heterocycles. The van der Waals surface area contributed by atoms with E-state index >= 15 is 0 Å². The molecule has 3 heteroatoms. The Morgan fingerprint density at radius 3 is 2.71 bits per heavy atom. The summed E-state index contributed by atoms with van der Waals surface area (Å²) in [4.78, 5) is 14.0. The van der Waals surface area contributed by atoms with Crippen molar-refractivity contribution in [1.82, 2.24) is 4.90 Å². The second-order valence-electron chi connectivity index (χ2n) is 4.82. The van der Waals surface area contributed by atoms with Crippen molar-refractivity contribution in [3.05, 3.63) is 0 Å². The molecule has 2 N–H and O–H groups in total. The van der Waals surface area contributed by atoms with E-state index in [9.17, 15) is 4.79 Å². The van der Waals surface area contributed by atoms with Gasteiger partial charge in [0.2, 0.25) is 5.91 Å². The lowest BCUT2D eigenvalue weighted by Crippen LogP contribution is -2.59. The molecular formula is C11H20N2O. The van der Waals surface area contributed by atoms with Gasteiger partial charge in [-0.15, -0.1) is 0 Å². The van der Waals surface area contributed by atoms with Crippen LogP contribution >= 0.6 is 0 Å². The minimum absolute atomic E-state index is 0.208. The Morgan fingerprint density at radius 1 is 1.57 bits per heavy atom. The van der Waals surface area contributed by atoms with Gasteiger partial charge in [0.15, 0.2) is 0 Å². The van der Waals surface area contributed by atoms with Crippen LogP contribution in [0, 0.1) is 5.92 Å². The first-order valence-electron chi connectivity index (χ1n) is 5.74. The maximum atomic E-state index is 12.0. The van der Waals surface area contributed by atoms with Crippen LogP contribution in [0.4, 0.5) is 0 Å². The first-order valence-corrected chi connectivity index (χ1v) is 5.74. The molecule has 1 amide bonds. The van der Waals surface area contributed by atoms with Crippen LogP contribution in [-0.4, -0.2) is 29.4 Å². The van der Waals surface area contributed by atoms with Gasteiger partial charge in [0.05, 0.1) is 5.54 Å². The minimum atomic E-state index is -0.484. The normalized spacial score (nSPS) is 30.1. The number of rotatable bonds is 2. The van der Waals surface area contributed by atoms with Crippen LogP contribution in [0.2, 0.25) is 0 Å². The standard InChI is InChI=1S/C11H20N2O/c1-2-9-4-7-13(8-9)10(14)11(12)5-3-6-11/h9H,2-8,12H2,1H3. The van der Waals surface area contributed by atoms with E-state index in [4.69, 9.17) is 5.73 Å². The van der Waals surface area contributed by atoms with Crippen molar-refractivity contribution in [2.45, 2.75) is 44.6 Å². The number of hydrogen-bond acceptors (Lipinski definition) is 2. The number of likely N-dealkylation sites (tertiary alicyclic amines) is 1. The molecule has 2 rings (SSSR count). The van der Waals surface area contributed by atoms with Crippen LogP contribution in [0.25, 0.3) is 0 Å². The third kappa shape index (κ3) is 1.54. The number of carbonyl (C=O) groups is 1. The van der Waals surface area contributed by atoms with E-state index < -0.39 is 5.54 Å². The second kappa shape index (κ2) is 3.54. The molecule has 1 aliphatic carbocycles. The monoisotopic (exact) mass is 196 g/mol. The molecule has 1 unspecified atom stereocenters. The van der Waals surface area contributed by atoms with Crippen molar-refractivity contribution >= 4 is 5.91 Å². The molecule has 14 heavy (non-hydrogen) atoms. The van der Waals surface area contributed by atoms with E-state index in [-0.39, 0.29) is 5.91 Å². The van der Waals surface area contributed by atoms with Crippen LogP contribution in [0.1, 0.15) is 39.0 Å². The number of hydrogen-bond donors (Lipinski definition) is 1. The summed E-state index contributed by atoms with van der Waals surface area (Å²) in [7, 11) is 0. The largest absolute Gasteiger partial charge is 0.341 e. The Morgan fingerprint density at radius 2 is 2.29 bits per heavy atom. The van der Waals surface area contributed by atoms with Gasteiger partial charge in [-0.05, 0) is 31.6 Å². The van der Waals surface area contributed by atoms with Crippen molar-refractivity contribution in [1.29, 1.82) is 0 Å². The highest BCUT2D eigenvalue weighted by Crippen LogP contribution is 2.32. The molecule has 80 valence electrons. The molecular weight excluding hydrogens is 176 g/mol. The molecule has 1 saturated carbocycles. The third-order valence-electron chi connectivity index (χ3n) is 3.82. The molecule has 0 bridgehead atoms. The zero-order valence-electron chi connectivity index (χ0n) is 8.96. The zero-order valence-corrected chi connectivity index (χ0v) is 8.96. The number of amides is 1. The van der Waals surface area contributed by atoms with E-state index in [0.717, 1.165) is 32.4 Å². The quantitative estimate of drug-likeness (QED) is 0.719. The summed E-state index contributed by atoms with van der Waals surface area (Å²) < 4.78 is 0. The fourth-order valence-corrected chi connectivity index (χ4v) is 2.44. The maximum Gasteiger partial charge on any atom is 0.242 e. The molecule has 2 aliphatic rings. The number of nitrogens with two attached hydrogens (primary N) is 1. The van der Waals surface area contributed by atoms with E-state index in [1.165, 1.54) is 12.8 Å². The van der Waals surface area contributed by atoms with E-state index in [1.54, 1.807) is 0 Å². The number of nitrogens with zero attached hydrogens (tertiary/aromatic N) is 1. The summed E-state index contributed by atoms with van der Waals surface area (Å²) in [6.45, 7) is 4.06. The Bertz CT molecular complexity index is 235. The first kappa shape index (κ1) is 9.97. The lowest BCUT2D eigenvalue weighted by molar-refractivity contribution is -0.139. The van der Waals surface area contributed by atoms with Crippen molar-refractivity contribution in [3.8, 4) is 0 Å². The Hall–Kier alpha value is -0.570. The molecule has 1 saturated heterocycles. The van der Waals surface area contributed by atoms with Gasteiger partial charge in [-0.25, -0.2) is 0 Å². The van der Waals surface area contributed by atoms with Crippen molar-refractivity contribution in [2.75, 3.05) is 13.1 Å². The van der Waals surface area contributed by atoms with Crippen molar-refractivity contribution in [3.63, 3.8) is 0 Å². The maximum absolute atomic E-state index is 12.0.